The van der Waals surface area contributed by atoms with Crippen molar-refractivity contribution in [3.8, 4) is 0 Å². The van der Waals surface area contributed by atoms with Crippen molar-refractivity contribution >= 4 is 5.78 Å². The summed E-state index contributed by atoms with van der Waals surface area (Å²) >= 11 is 0. The van der Waals surface area contributed by atoms with Gasteiger partial charge in [0.1, 0.15) is 5.78 Å². The van der Waals surface area contributed by atoms with E-state index >= 15 is 0 Å². The van der Waals surface area contributed by atoms with Crippen molar-refractivity contribution in [3.63, 3.8) is 0 Å². The van der Waals surface area contributed by atoms with E-state index in [2.05, 4.69) is 17.4 Å². The highest BCUT2D eigenvalue weighted by atomic mass is 16.1. The van der Waals surface area contributed by atoms with E-state index in [4.69, 9.17) is 0 Å². The molecule has 0 fully saturated rings. The second kappa shape index (κ2) is 4.15. The molecule has 1 aromatic rings. The summed E-state index contributed by atoms with van der Waals surface area (Å²) in [4.78, 5) is 12.0. The lowest BCUT2D eigenvalue weighted by Gasteiger charge is -2.26. The van der Waals surface area contributed by atoms with E-state index in [0.29, 0.717) is 5.78 Å². The van der Waals surface area contributed by atoms with Crippen LogP contribution in [0.15, 0.2) is 24.3 Å². The molecular weight excluding hydrogens is 186 g/mol. The van der Waals surface area contributed by atoms with Crippen molar-refractivity contribution in [1.82, 2.24) is 5.32 Å². The molecule has 2 nitrogen and oxygen atoms in total. The lowest BCUT2D eigenvalue weighted by atomic mass is 9.84. The highest BCUT2D eigenvalue weighted by Crippen LogP contribution is 2.26. The zero-order chi connectivity index (χ0) is 10.8. The minimum Gasteiger partial charge on any atom is -0.312 e. The molecule has 2 rings (SSSR count). The number of benzene rings is 1. The Bertz CT molecular complexity index is 371. The molecule has 1 aromatic carbocycles. The number of Topliss-reactive ketones (excluding diaryl/α,β-unsaturated/α-hetero) is 1. The maximum absolute atomic E-state index is 12.0. The van der Waals surface area contributed by atoms with Gasteiger partial charge in [-0.2, -0.15) is 0 Å². The van der Waals surface area contributed by atoms with Gasteiger partial charge >= 0.3 is 0 Å². The number of hydrogen-bond donors (Lipinski definition) is 1. The van der Waals surface area contributed by atoms with E-state index < -0.39 is 0 Å². The Morgan fingerprint density at radius 2 is 2.13 bits per heavy atom. The summed E-state index contributed by atoms with van der Waals surface area (Å²) < 4.78 is 0. The number of carbonyl (C=O) groups excluding carboxylic acids is 1. The molecule has 0 aromatic heterocycles. The standard InChI is InChI=1S/C13H17NO/c1-9(2)13(15)12-8-14-7-10-5-3-4-6-11(10)12/h3-6,9,12,14H,7-8H2,1-2H3. The lowest BCUT2D eigenvalue weighted by Crippen LogP contribution is -2.34. The first-order chi connectivity index (χ1) is 7.20. The molecule has 2 heteroatoms. The molecule has 0 amide bonds. The van der Waals surface area contributed by atoms with E-state index in [1.807, 2.05) is 26.0 Å². The fraction of sp³-hybridized carbons (Fsp3) is 0.462. The van der Waals surface area contributed by atoms with E-state index in [9.17, 15) is 4.79 Å². The van der Waals surface area contributed by atoms with Crippen LogP contribution in [-0.4, -0.2) is 12.3 Å². The van der Waals surface area contributed by atoms with Gasteiger partial charge in [0.2, 0.25) is 0 Å². The van der Waals surface area contributed by atoms with Crippen LogP contribution in [0.25, 0.3) is 0 Å². The van der Waals surface area contributed by atoms with Gasteiger partial charge in [0.05, 0.1) is 5.92 Å². The summed E-state index contributed by atoms with van der Waals surface area (Å²) in [6.45, 7) is 5.62. The number of fused-ring (bicyclic) bond motifs is 1. The summed E-state index contributed by atoms with van der Waals surface area (Å²) in [5.41, 5.74) is 2.48. The van der Waals surface area contributed by atoms with Crippen molar-refractivity contribution < 1.29 is 4.79 Å². The minimum atomic E-state index is 0.0509. The first-order valence-electron chi connectivity index (χ1n) is 5.52. The maximum Gasteiger partial charge on any atom is 0.144 e. The fourth-order valence-corrected chi connectivity index (χ4v) is 2.15. The number of ketones is 1. The minimum absolute atomic E-state index is 0.0509. The topological polar surface area (TPSA) is 29.1 Å². The first-order valence-corrected chi connectivity index (χ1v) is 5.52. The van der Waals surface area contributed by atoms with E-state index in [0.717, 1.165) is 13.1 Å². The van der Waals surface area contributed by atoms with Crippen LogP contribution in [0, 0.1) is 5.92 Å². The molecule has 1 N–H and O–H groups in total. The monoisotopic (exact) mass is 203 g/mol. The van der Waals surface area contributed by atoms with Gasteiger partial charge in [0.25, 0.3) is 0 Å². The quantitative estimate of drug-likeness (QED) is 0.797. The van der Waals surface area contributed by atoms with Crippen molar-refractivity contribution in [2.75, 3.05) is 6.54 Å². The van der Waals surface area contributed by atoms with Crippen LogP contribution >= 0.6 is 0 Å². The molecule has 0 spiro atoms. The molecule has 1 unspecified atom stereocenters. The SMILES string of the molecule is CC(C)C(=O)C1CNCc2ccccc21. The Kier molecular flexibility index (Phi) is 2.87. The molecule has 0 saturated carbocycles. The van der Waals surface area contributed by atoms with Crippen LogP contribution in [0.1, 0.15) is 30.9 Å². The second-order valence-electron chi connectivity index (χ2n) is 4.44. The van der Waals surface area contributed by atoms with Crippen molar-refractivity contribution in [3.05, 3.63) is 35.4 Å². The van der Waals surface area contributed by atoms with Gasteiger partial charge in [-0.05, 0) is 11.1 Å². The summed E-state index contributed by atoms with van der Waals surface area (Å²) in [5, 5.41) is 3.31. The van der Waals surface area contributed by atoms with Gasteiger partial charge in [0.15, 0.2) is 0 Å². The van der Waals surface area contributed by atoms with Crippen LogP contribution in [0.4, 0.5) is 0 Å². The summed E-state index contributed by atoms with van der Waals surface area (Å²) in [7, 11) is 0. The van der Waals surface area contributed by atoms with E-state index in [-0.39, 0.29) is 11.8 Å². The molecule has 15 heavy (non-hydrogen) atoms. The summed E-state index contributed by atoms with van der Waals surface area (Å²) in [6, 6.07) is 8.23. The molecule has 1 atom stereocenters. The average Bonchev–Trinajstić information content (AvgIpc) is 2.27. The van der Waals surface area contributed by atoms with Gasteiger partial charge < -0.3 is 5.32 Å². The molecule has 0 bridgehead atoms. The third-order valence-electron chi connectivity index (χ3n) is 3.01. The van der Waals surface area contributed by atoms with Gasteiger partial charge in [-0.15, -0.1) is 0 Å². The van der Waals surface area contributed by atoms with Crippen LogP contribution in [0.2, 0.25) is 0 Å². The number of nitrogens with one attached hydrogen (secondary N) is 1. The van der Waals surface area contributed by atoms with Crippen molar-refractivity contribution in [2.24, 2.45) is 5.92 Å². The van der Waals surface area contributed by atoms with Crippen molar-refractivity contribution in [1.29, 1.82) is 0 Å². The number of carbonyl (C=O) groups is 1. The fourth-order valence-electron chi connectivity index (χ4n) is 2.15. The van der Waals surface area contributed by atoms with Crippen LogP contribution in [0.5, 0.6) is 0 Å². The van der Waals surface area contributed by atoms with E-state index in [1.165, 1.54) is 11.1 Å². The summed E-state index contributed by atoms with van der Waals surface area (Å²) in [6.07, 6.45) is 0. The molecule has 1 aliphatic heterocycles. The zero-order valence-corrected chi connectivity index (χ0v) is 9.29. The second-order valence-corrected chi connectivity index (χ2v) is 4.44. The lowest BCUT2D eigenvalue weighted by molar-refractivity contribution is -0.123. The highest BCUT2D eigenvalue weighted by Gasteiger charge is 2.27. The third kappa shape index (κ3) is 1.95. The molecule has 1 aliphatic rings. The Hall–Kier alpha value is -1.15. The van der Waals surface area contributed by atoms with Crippen LogP contribution < -0.4 is 5.32 Å². The third-order valence-corrected chi connectivity index (χ3v) is 3.01. The molecule has 0 radical (unpaired) electrons. The van der Waals surface area contributed by atoms with E-state index in [1.54, 1.807) is 0 Å². The van der Waals surface area contributed by atoms with Gasteiger partial charge in [-0.25, -0.2) is 0 Å². The van der Waals surface area contributed by atoms with Gasteiger partial charge in [-0.3, -0.25) is 4.79 Å². The predicted octanol–water partition coefficient (Wildman–Crippen LogP) is 2.10. The van der Waals surface area contributed by atoms with Gasteiger partial charge in [-0.1, -0.05) is 38.1 Å². The first kappa shape index (κ1) is 10.4. The Balaban J connectivity index is 2.34. The number of rotatable bonds is 2. The van der Waals surface area contributed by atoms with Crippen LogP contribution in [-0.2, 0) is 11.3 Å². The van der Waals surface area contributed by atoms with Crippen molar-refractivity contribution in [2.45, 2.75) is 26.3 Å². The summed E-state index contributed by atoms with van der Waals surface area (Å²) in [5.74, 6) is 0.507. The Morgan fingerprint density at radius 3 is 2.87 bits per heavy atom. The Labute approximate surface area is 90.7 Å². The highest BCUT2D eigenvalue weighted by molar-refractivity contribution is 5.88. The predicted molar refractivity (Wildman–Crippen MR) is 60.7 cm³/mol. The zero-order valence-electron chi connectivity index (χ0n) is 9.29. The molecule has 0 saturated heterocycles. The van der Waals surface area contributed by atoms with Gasteiger partial charge in [0, 0.05) is 19.0 Å². The largest absolute Gasteiger partial charge is 0.312 e. The average molecular weight is 203 g/mol. The molecule has 1 heterocycles. The normalized spacial score (nSPS) is 20.1. The molecule has 0 aliphatic carbocycles. The Morgan fingerprint density at radius 1 is 1.40 bits per heavy atom. The van der Waals surface area contributed by atoms with Crippen LogP contribution in [0.3, 0.4) is 0 Å². The maximum atomic E-state index is 12.0. The molecule has 80 valence electrons. The smallest absolute Gasteiger partial charge is 0.144 e. The number of hydrogen-bond acceptors (Lipinski definition) is 2. The molecular formula is C13H17NO.